The van der Waals surface area contributed by atoms with E-state index in [4.69, 9.17) is 0 Å². The number of aryl methyl sites for hydroxylation is 1. The first kappa shape index (κ1) is 13.3. The lowest BCUT2D eigenvalue weighted by molar-refractivity contribution is 0.102. The molecule has 0 spiro atoms. The van der Waals surface area contributed by atoms with Gasteiger partial charge in [0.1, 0.15) is 0 Å². The summed E-state index contributed by atoms with van der Waals surface area (Å²) in [6, 6.07) is 13.1. The van der Waals surface area contributed by atoms with Crippen LogP contribution in [0.2, 0.25) is 0 Å². The van der Waals surface area contributed by atoms with Gasteiger partial charge in [-0.05, 0) is 53.2 Å². The Hall–Kier alpha value is -1.13. The maximum atomic E-state index is 12.0. The van der Waals surface area contributed by atoms with Crippen LogP contribution in [0, 0.1) is 6.92 Å². The Morgan fingerprint density at radius 2 is 1.72 bits per heavy atom. The van der Waals surface area contributed by atoms with E-state index in [1.54, 1.807) is 0 Å². The van der Waals surface area contributed by atoms with Crippen LogP contribution < -0.4 is 5.32 Å². The van der Waals surface area contributed by atoms with Crippen LogP contribution in [0.5, 0.6) is 0 Å². The molecule has 0 aromatic heterocycles. The highest BCUT2D eigenvalue weighted by Crippen LogP contribution is 2.26. The molecule has 2 aromatic rings. The molecular formula is C14H11Br2NO. The molecule has 0 saturated carbocycles. The number of hydrogen-bond acceptors (Lipinski definition) is 1. The Balaban J connectivity index is 2.18. The molecule has 18 heavy (non-hydrogen) atoms. The van der Waals surface area contributed by atoms with Gasteiger partial charge < -0.3 is 5.32 Å². The molecule has 0 radical (unpaired) electrons. The van der Waals surface area contributed by atoms with Gasteiger partial charge in [-0.25, -0.2) is 0 Å². The number of amides is 1. The third kappa shape index (κ3) is 3.21. The first-order chi connectivity index (χ1) is 8.56. The second-order valence-corrected chi connectivity index (χ2v) is 5.71. The van der Waals surface area contributed by atoms with E-state index in [1.165, 1.54) is 0 Å². The quantitative estimate of drug-likeness (QED) is 0.812. The van der Waals surface area contributed by atoms with Gasteiger partial charge >= 0.3 is 0 Å². The van der Waals surface area contributed by atoms with Crippen LogP contribution in [0.4, 0.5) is 5.69 Å². The van der Waals surface area contributed by atoms with Crippen molar-refractivity contribution >= 4 is 43.5 Å². The Labute approximate surface area is 123 Å². The van der Waals surface area contributed by atoms with Gasteiger partial charge in [0, 0.05) is 14.5 Å². The van der Waals surface area contributed by atoms with Crippen molar-refractivity contribution in [3.63, 3.8) is 0 Å². The Morgan fingerprint density at radius 3 is 2.33 bits per heavy atom. The van der Waals surface area contributed by atoms with Crippen molar-refractivity contribution in [2.24, 2.45) is 0 Å². The normalized spacial score (nSPS) is 10.2. The maximum absolute atomic E-state index is 12.0. The molecular weight excluding hydrogens is 358 g/mol. The summed E-state index contributed by atoms with van der Waals surface area (Å²) in [6.45, 7) is 1.99. The summed E-state index contributed by atoms with van der Waals surface area (Å²) >= 11 is 6.79. The van der Waals surface area contributed by atoms with Gasteiger partial charge in [0.2, 0.25) is 0 Å². The topological polar surface area (TPSA) is 29.1 Å². The Kier molecular flexibility index (Phi) is 4.19. The molecule has 0 unspecified atom stereocenters. The Bertz CT molecular complexity index is 579. The molecule has 1 N–H and O–H groups in total. The van der Waals surface area contributed by atoms with Gasteiger partial charge in [-0.3, -0.25) is 4.79 Å². The highest BCUT2D eigenvalue weighted by atomic mass is 79.9. The van der Waals surface area contributed by atoms with Crippen molar-refractivity contribution in [1.29, 1.82) is 0 Å². The number of rotatable bonds is 2. The van der Waals surface area contributed by atoms with Crippen molar-refractivity contribution < 1.29 is 4.79 Å². The van der Waals surface area contributed by atoms with E-state index < -0.39 is 0 Å². The van der Waals surface area contributed by atoms with Crippen LogP contribution in [-0.4, -0.2) is 5.91 Å². The minimum Gasteiger partial charge on any atom is -0.321 e. The molecule has 0 saturated heterocycles. The second kappa shape index (κ2) is 5.67. The van der Waals surface area contributed by atoms with Crippen LogP contribution in [0.25, 0.3) is 0 Å². The third-order valence-electron chi connectivity index (χ3n) is 2.49. The van der Waals surface area contributed by atoms with Crippen LogP contribution in [0.1, 0.15) is 15.9 Å². The first-order valence-corrected chi connectivity index (χ1v) is 6.98. The summed E-state index contributed by atoms with van der Waals surface area (Å²) in [5.41, 5.74) is 2.54. The molecule has 2 aromatic carbocycles. The van der Waals surface area contributed by atoms with E-state index in [9.17, 15) is 4.79 Å². The summed E-state index contributed by atoms with van der Waals surface area (Å²) in [6.07, 6.45) is 0. The SMILES string of the molecule is Cc1ccc(C(=O)Nc2ccc(Br)cc2Br)cc1. The zero-order chi connectivity index (χ0) is 13.1. The molecule has 0 aliphatic carbocycles. The van der Waals surface area contributed by atoms with Gasteiger partial charge in [0.25, 0.3) is 5.91 Å². The number of carbonyl (C=O) groups is 1. The highest BCUT2D eigenvalue weighted by Gasteiger charge is 2.08. The summed E-state index contributed by atoms with van der Waals surface area (Å²) in [5.74, 6) is -0.113. The largest absolute Gasteiger partial charge is 0.321 e. The predicted octanol–water partition coefficient (Wildman–Crippen LogP) is 4.77. The predicted molar refractivity (Wildman–Crippen MR) is 81.0 cm³/mol. The highest BCUT2D eigenvalue weighted by molar-refractivity contribution is 9.11. The monoisotopic (exact) mass is 367 g/mol. The molecule has 0 fully saturated rings. The number of anilines is 1. The average Bonchev–Trinajstić information content (AvgIpc) is 2.33. The molecule has 4 heteroatoms. The molecule has 1 amide bonds. The van der Waals surface area contributed by atoms with E-state index in [1.807, 2.05) is 49.4 Å². The molecule has 0 aliphatic heterocycles. The van der Waals surface area contributed by atoms with E-state index in [2.05, 4.69) is 37.2 Å². The van der Waals surface area contributed by atoms with Crippen molar-refractivity contribution in [3.8, 4) is 0 Å². The van der Waals surface area contributed by atoms with Crippen molar-refractivity contribution in [2.75, 3.05) is 5.32 Å². The number of benzene rings is 2. The number of carbonyl (C=O) groups excluding carboxylic acids is 1. The smallest absolute Gasteiger partial charge is 0.255 e. The van der Waals surface area contributed by atoms with Gasteiger partial charge in [-0.2, -0.15) is 0 Å². The molecule has 2 rings (SSSR count). The van der Waals surface area contributed by atoms with E-state index in [0.29, 0.717) is 5.56 Å². The van der Waals surface area contributed by atoms with Gasteiger partial charge in [0.15, 0.2) is 0 Å². The minimum absolute atomic E-state index is 0.113. The fourth-order valence-electron chi connectivity index (χ4n) is 1.49. The van der Waals surface area contributed by atoms with Crippen LogP contribution >= 0.6 is 31.9 Å². The molecule has 0 heterocycles. The van der Waals surface area contributed by atoms with Gasteiger partial charge in [0.05, 0.1) is 5.69 Å². The average molecular weight is 369 g/mol. The molecule has 0 atom stereocenters. The molecule has 0 aliphatic rings. The number of nitrogens with one attached hydrogen (secondary N) is 1. The van der Waals surface area contributed by atoms with Crippen molar-refractivity contribution in [2.45, 2.75) is 6.92 Å². The van der Waals surface area contributed by atoms with Crippen LogP contribution in [0.15, 0.2) is 51.4 Å². The van der Waals surface area contributed by atoms with E-state index >= 15 is 0 Å². The number of halogens is 2. The summed E-state index contributed by atoms with van der Waals surface area (Å²) in [5, 5.41) is 2.87. The molecule has 2 nitrogen and oxygen atoms in total. The Morgan fingerprint density at radius 1 is 1.06 bits per heavy atom. The third-order valence-corrected chi connectivity index (χ3v) is 3.64. The van der Waals surface area contributed by atoms with Crippen molar-refractivity contribution in [3.05, 3.63) is 62.5 Å². The fourth-order valence-corrected chi connectivity index (χ4v) is 2.64. The summed E-state index contributed by atoms with van der Waals surface area (Å²) in [7, 11) is 0. The maximum Gasteiger partial charge on any atom is 0.255 e. The van der Waals surface area contributed by atoms with Crippen LogP contribution in [-0.2, 0) is 0 Å². The standard InChI is InChI=1S/C14H11Br2NO/c1-9-2-4-10(5-3-9)14(18)17-13-7-6-11(15)8-12(13)16/h2-8H,1H3,(H,17,18). The summed E-state index contributed by atoms with van der Waals surface area (Å²) in [4.78, 5) is 12.0. The first-order valence-electron chi connectivity index (χ1n) is 5.39. The van der Waals surface area contributed by atoms with E-state index in [0.717, 1.165) is 20.2 Å². The number of hydrogen-bond donors (Lipinski definition) is 1. The van der Waals surface area contributed by atoms with Gasteiger partial charge in [-0.15, -0.1) is 0 Å². The minimum atomic E-state index is -0.113. The lowest BCUT2D eigenvalue weighted by Crippen LogP contribution is -2.12. The second-order valence-electron chi connectivity index (χ2n) is 3.94. The lowest BCUT2D eigenvalue weighted by atomic mass is 10.1. The van der Waals surface area contributed by atoms with Crippen LogP contribution in [0.3, 0.4) is 0 Å². The zero-order valence-corrected chi connectivity index (χ0v) is 12.9. The van der Waals surface area contributed by atoms with Crippen molar-refractivity contribution in [1.82, 2.24) is 0 Å². The summed E-state index contributed by atoms with van der Waals surface area (Å²) < 4.78 is 1.81. The molecule has 92 valence electrons. The molecule has 0 bridgehead atoms. The zero-order valence-electron chi connectivity index (χ0n) is 9.71. The van der Waals surface area contributed by atoms with E-state index in [-0.39, 0.29) is 5.91 Å². The lowest BCUT2D eigenvalue weighted by Gasteiger charge is -2.08. The fraction of sp³-hybridized carbons (Fsp3) is 0.0714. The van der Waals surface area contributed by atoms with Gasteiger partial charge in [-0.1, -0.05) is 33.6 Å².